The van der Waals surface area contributed by atoms with E-state index in [0.717, 1.165) is 10.7 Å². The van der Waals surface area contributed by atoms with Crippen LogP contribution < -0.4 is 5.32 Å². The van der Waals surface area contributed by atoms with Crippen LogP contribution in [0.1, 0.15) is 39.8 Å². The Morgan fingerprint density at radius 2 is 1.84 bits per heavy atom. The molecular weight excluding hydrogens is 422 g/mol. The maximum absolute atomic E-state index is 13.7. The number of nitrogens with one attached hydrogen (secondary N) is 1. The van der Waals surface area contributed by atoms with Crippen LogP contribution in [0.15, 0.2) is 48.8 Å². The van der Waals surface area contributed by atoms with Crippen LogP contribution in [0.4, 0.5) is 14.6 Å². The lowest BCUT2D eigenvalue weighted by molar-refractivity contribution is 0.0527. The molecule has 0 radical (unpaired) electrons. The van der Waals surface area contributed by atoms with Gasteiger partial charge in [0.05, 0.1) is 24.7 Å². The van der Waals surface area contributed by atoms with Gasteiger partial charge in [-0.15, -0.1) is 0 Å². The summed E-state index contributed by atoms with van der Waals surface area (Å²) in [5.74, 6) is -1.24. The van der Waals surface area contributed by atoms with Crippen molar-refractivity contribution in [2.75, 3.05) is 11.9 Å². The van der Waals surface area contributed by atoms with Crippen molar-refractivity contribution in [2.24, 2.45) is 7.05 Å². The van der Waals surface area contributed by atoms with Crippen LogP contribution in [0.3, 0.4) is 0 Å². The predicted molar refractivity (Wildman–Crippen MR) is 110 cm³/mol. The van der Waals surface area contributed by atoms with Gasteiger partial charge in [0, 0.05) is 12.6 Å². The fourth-order valence-corrected chi connectivity index (χ4v) is 3.18. The molecule has 0 unspecified atom stereocenters. The number of aryl methyl sites for hydroxylation is 1. The van der Waals surface area contributed by atoms with E-state index in [0.29, 0.717) is 5.56 Å². The number of hydrogen-bond acceptors (Lipinski definition) is 6. The zero-order chi connectivity index (χ0) is 22.8. The molecule has 0 saturated heterocycles. The minimum atomic E-state index is -2.84. The zero-order valence-electron chi connectivity index (χ0n) is 17.1. The number of fused-ring (bicyclic) bond motifs is 1. The third-order valence-electron chi connectivity index (χ3n) is 4.70. The number of ether oxygens (including phenoxy) is 1. The summed E-state index contributed by atoms with van der Waals surface area (Å²) >= 11 is 0. The highest BCUT2D eigenvalue weighted by Gasteiger charge is 2.24. The van der Waals surface area contributed by atoms with Gasteiger partial charge in [0.25, 0.3) is 12.3 Å². The van der Waals surface area contributed by atoms with Crippen LogP contribution >= 0.6 is 0 Å². The van der Waals surface area contributed by atoms with Gasteiger partial charge < -0.3 is 10.1 Å². The van der Waals surface area contributed by atoms with Crippen LogP contribution in [-0.2, 0) is 11.8 Å². The van der Waals surface area contributed by atoms with Crippen molar-refractivity contribution < 1.29 is 23.1 Å². The molecule has 3 aromatic heterocycles. The first kappa shape index (κ1) is 21.1. The lowest BCUT2D eigenvalue weighted by Crippen LogP contribution is -2.18. The second kappa shape index (κ2) is 8.53. The maximum Gasteiger partial charge on any atom is 0.343 e. The van der Waals surface area contributed by atoms with Crippen LogP contribution in [0, 0.1) is 0 Å². The molecule has 3 heterocycles. The average Bonchev–Trinajstić information content (AvgIpc) is 3.37. The fraction of sp³-hybridized carbons (Fsp3) is 0.190. The van der Waals surface area contributed by atoms with Gasteiger partial charge in [0.15, 0.2) is 5.65 Å². The molecule has 0 atom stereocenters. The van der Waals surface area contributed by atoms with Gasteiger partial charge in [0.1, 0.15) is 22.6 Å². The molecule has 0 aliphatic carbocycles. The van der Waals surface area contributed by atoms with Crippen LogP contribution in [0.5, 0.6) is 0 Å². The summed E-state index contributed by atoms with van der Waals surface area (Å²) < 4.78 is 34.6. The smallest absolute Gasteiger partial charge is 0.343 e. The van der Waals surface area contributed by atoms with Crippen molar-refractivity contribution in [3.63, 3.8) is 0 Å². The van der Waals surface area contributed by atoms with Gasteiger partial charge in [0.2, 0.25) is 0 Å². The molecule has 0 bridgehead atoms. The standard InChI is InChI=1S/C21H18F2N6O3/c1-3-32-21(31)14-11-24-28(2)18(14)27-20(30)13-10-25-29-16(17(22)23)9-15(26-19(13)29)12-7-5-4-6-8-12/h4-11,17H,3H2,1-2H3,(H,27,30). The Balaban J connectivity index is 1.77. The van der Waals surface area contributed by atoms with E-state index in [-0.39, 0.29) is 34.9 Å². The normalized spacial score (nSPS) is 11.2. The third-order valence-corrected chi connectivity index (χ3v) is 4.70. The van der Waals surface area contributed by atoms with Gasteiger partial charge in [-0.05, 0) is 13.0 Å². The number of carbonyl (C=O) groups is 2. The first-order chi connectivity index (χ1) is 15.4. The summed E-state index contributed by atoms with van der Waals surface area (Å²) in [6, 6.07) is 10.0. The SMILES string of the molecule is CCOC(=O)c1cnn(C)c1NC(=O)c1cnn2c(C(F)F)cc(-c3ccccc3)nc12. The Bertz CT molecular complexity index is 1300. The first-order valence-electron chi connectivity index (χ1n) is 9.63. The van der Waals surface area contributed by atoms with Crippen LogP contribution in [0.2, 0.25) is 0 Å². The summed E-state index contributed by atoms with van der Waals surface area (Å²) in [5.41, 5.74) is 0.460. The molecule has 0 spiro atoms. The number of hydrogen-bond donors (Lipinski definition) is 1. The van der Waals surface area contributed by atoms with E-state index < -0.39 is 24.0 Å². The van der Waals surface area contributed by atoms with Gasteiger partial charge >= 0.3 is 5.97 Å². The third kappa shape index (κ3) is 3.80. The monoisotopic (exact) mass is 440 g/mol. The van der Waals surface area contributed by atoms with Crippen molar-refractivity contribution in [1.82, 2.24) is 24.4 Å². The van der Waals surface area contributed by atoms with Crippen molar-refractivity contribution in [3.05, 3.63) is 65.6 Å². The number of rotatable bonds is 6. The molecule has 1 N–H and O–H groups in total. The van der Waals surface area contributed by atoms with Crippen molar-refractivity contribution >= 4 is 23.3 Å². The quantitative estimate of drug-likeness (QED) is 0.461. The predicted octanol–water partition coefficient (Wildman–Crippen LogP) is 3.50. The van der Waals surface area contributed by atoms with E-state index in [2.05, 4.69) is 20.5 Å². The molecule has 1 aromatic carbocycles. The van der Waals surface area contributed by atoms with Crippen molar-refractivity contribution in [3.8, 4) is 11.3 Å². The molecule has 1 amide bonds. The second-order valence-electron chi connectivity index (χ2n) is 6.73. The molecule has 0 fully saturated rings. The fourth-order valence-electron chi connectivity index (χ4n) is 3.18. The molecule has 0 aliphatic rings. The number of esters is 1. The van der Waals surface area contributed by atoms with E-state index >= 15 is 0 Å². The Morgan fingerprint density at radius 3 is 2.53 bits per heavy atom. The largest absolute Gasteiger partial charge is 0.462 e. The van der Waals surface area contributed by atoms with Crippen LogP contribution in [-0.4, -0.2) is 42.9 Å². The highest BCUT2D eigenvalue weighted by atomic mass is 19.3. The number of halogens is 2. The molecule has 4 rings (SSSR count). The number of amides is 1. The van der Waals surface area contributed by atoms with Crippen molar-refractivity contribution in [1.29, 1.82) is 0 Å². The van der Waals surface area contributed by atoms with Gasteiger partial charge in [-0.25, -0.2) is 23.1 Å². The molecular formula is C21H18F2N6O3. The second-order valence-corrected chi connectivity index (χ2v) is 6.73. The zero-order valence-corrected chi connectivity index (χ0v) is 17.1. The molecule has 164 valence electrons. The molecule has 32 heavy (non-hydrogen) atoms. The first-order valence-corrected chi connectivity index (χ1v) is 9.63. The highest BCUT2D eigenvalue weighted by Crippen LogP contribution is 2.27. The van der Waals surface area contributed by atoms with Crippen molar-refractivity contribution in [2.45, 2.75) is 13.3 Å². The van der Waals surface area contributed by atoms with E-state index in [4.69, 9.17) is 4.74 Å². The molecule has 11 heteroatoms. The number of aromatic nitrogens is 5. The Hall–Kier alpha value is -4.15. The molecule has 0 aliphatic heterocycles. The average molecular weight is 440 g/mol. The van der Waals surface area contributed by atoms with E-state index in [9.17, 15) is 18.4 Å². The summed E-state index contributed by atoms with van der Waals surface area (Å²) in [6.07, 6.45) is -0.422. The minimum Gasteiger partial charge on any atom is -0.462 e. The highest BCUT2D eigenvalue weighted by molar-refractivity contribution is 6.10. The molecule has 4 aromatic rings. The topological polar surface area (TPSA) is 103 Å². The molecule has 0 saturated carbocycles. The number of carbonyl (C=O) groups excluding carboxylic acids is 2. The van der Waals surface area contributed by atoms with E-state index in [1.807, 2.05) is 0 Å². The number of nitrogens with zero attached hydrogens (tertiary/aromatic N) is 5. The lowest BCUT2D eigenvalue weighted by Gasteiger charge is -2.09. The number of benzene rings is 1. The minimum absolute atomic E-state index is 0.0410. The summed E-state index contributed by atoms with van der Waals surface area (Å²) in [7, 11) is 1.54. The maximum atomic E-state index is 13.7. The lowest BCUT2D eigenvalue weighted by atomic mass is 10.1. The molecule has 9 nitrogen and oxygen atoms in total. The Kier molecular flexibility index (Phi) is 5.63. The van der Waals surface area contributed by atoms with E-state index in [1.54, 1.807) is 37.3 Å². The van der Waals surface area contributed by atoms with Gasteiger partial charge in [-0.1, -0.05) is 30.3 Å². The van der Waals surface area contributed by atoms with Gasteiger partial charge in [-0.3, -0.25) is 9.48 Å². The summed E-state index contributed by atoms with van der Waals surface area (Å²) in [5, 5.41) is 10.5. The summed E-state index contributed by atoms with van der Waals surface area (Å²) in [6.45, 7) is 1.81. The Morgan fingerprint density at radius 1 is 1.12 bits per heavy atom. The van der Waals surface area contributed by atoms with Gasteiger partial charge in [-0.2, -0.15) is 10.2 Å². The number of alkyl halides is 2. The summed E-state index contributed by atoms with van der Waals surface area (Å²) in [4.78, 5) is 29.6. The van der Waals surface area contributed by atoms with Crippen LogP contribution in [0.25, 0.3) is 16.9 Å². The number of anilines is 1. The Labute approximate surface area is 180 Å². The van der Waals surface area contributed by atoms with E-state index in [1.165, 1.54) is 24.0 Å².